The van der Waals surface area contributed by atoms with Crippen molar-refractivity contribution < 1.29 is 0 Å². The Bertz CT molecular complexity index is 156. The van der Waals surface area contributed by atoms with Gasteiger partial charge in [0.25, 0.3) is 0 Å². The molecule has 0 N–H and O–H groups in total. The maximum Gasteiger partial charge on any atom is 0.137 e. The van der Waals surface area contributed by atoms with Gasteiger partial charge >= 0.3 is 0 Å². The monoisotopic (exact) mass is 123 g/mol. The van der Waals surface area contributed by atoms with Crippen molar-refractivity contribution >= 4 is 18.8 Å². The minimum Gasteiger partial charge on any atom is -0.251 e. The van der Waals surface area contributed by atoms with E-state index in [0.29, 0.717) is 0 Å². The Labute approximate surface area is 54.5 Å². The number of hydrogen-bond acceptors (Lipinski definition) is 2. The van der Waals surface area contributed by atoms with Crippen LogP contribution in [0.15, 0.2) is 27.9 Å². The first-order valence-electron chi connectivity index (χ1n) is 2.45. The van der Waals surface area contributed by atoms with Crippen LogP contribution in [0.4, 0.5) is 0 Å². The fourth-order valence-electron chi connectivity index (χ4n) is 0.194. The maximum absolute atomic E-state index is 3.67. The molecule has 0 spiro atoms. The van der Waals surface area contributed by atoms with Crippen LogP contribution in [0.2, 0.25) is 0 Å². The van der Waals surface area contributed by atoms with Crippen LogP contribution in [0.25, 0.3) is 0 Å². The summed E-state index contributed by atoms with van der Waals surface area (Å²) in [6.07, 6.45) is 2.88. The molecular formula is C6H9N3. The van der Waals surface area contributed by atoms with Crippen molar-refractivity contribution in [3.63, 3.8) is 0 Å². The summed E-state index contributed by atoms with van der Waals surface area (Å²) in [5, 5.41) is 7.19. The van der Waals surface area contributed by atoms with Crippen molar-refractivity contribution in [2.75, 3.05) is 0 Å². The van der Waals surface area contributed by atoms with Crippen molar-refractivity contribution in [3.05, 3.63) is 12.7 Å². The quantitative estimate of drug-likeness (QED) is 0.308. The summed E-state index contributed by atoms with van der Waals surface area (Å²) < 4.78 is 0. The van der Waals surface area contributed by atoms with Gasteiger partial charge in [-0.25, -0.2) is 0 Å². The van der Waals surface area contributed by atoms with Crippen LogP contribution in [0.1, 0.15) is 6.92 Å². The number of nitrogens with zero attached hydrogens (tertiary/aromatic N) is 3. The summed E-state index contributed by atoms with van der Waals surface area (Å²) in [4.78, 5) is 3.36. The van der Waals surface area contributed by atoms with E-state index >= 15 is 0 Å². The summed E-state index contributed by atoms with van der Waals surface area (Å²) in [5.41, 5.74) is 0.759. The Morgan fingerprint density at radius 1 is 1.56 bits per heavy atom. The lowest BCUT2D eigenvalue weighted by molar-refractivity contribution is 1.24. The molecule has 0 unspecified atom stereocenters. The SMILES string of the molecule is C=C/C(C)=N\N=C/N=C. The molecule has 0 aromatic carbocycles. The van der Waals surface area contributed by atoms with E-state index in [2.05, 4.69) is 28.5 Å². The first-order valence-corrected chi connectivity index (χ1v) is 2.45. The number of rotatable bonds is 3. The molecule has 0 radical (unpaired) electrons. The lowest BCUT2D eigenvalue weighted by Gasteiger charge is -1.80. The van der Waals surface area contributed by atoms with Crippen molar-refractivity contribution in [2.24, 2.45) is 15.2 Å². The minimum absolute atomic E-state index is 0.759. The molecule has 9 heavy (non-hydrogen) atoms. The summed E-state index contributed by atoms with van der Waals surface area (Å²) in [5.74, 6) is 0. The number of aliphatic imine (C=N–C) groups is 1. The third kappa shape index (κ3) is 4.61. The second-order valence-corrected chi connectivity index (χ2v) is 1.36. The third-order valence-electron chi connectivity index (χ3n) is 0.644. The second-order valence-electron chi connectivity index (χ2n) is 1.36. The van der Waals surface area contributed by atoms with E-state index in [0.717, 1.165) is 5.71 Å². The lowest BCUT2D eigenvalue weighted by Crippen LogP contribution is -1.79. The van der Waals surface area contributed by atoms with Gasteiger partial charge in [-0.15, -0.1) is 5.10 Å². The Kier molecular flexibility index (Phi) is 4.22. The Morgan fingerprint density at radius 3 is 2.67 bits per heavy atom. The van der Waals surface area contributed by atoms with Crippen molar-refractivity contribution in [1.82, 2.24) is 0 Å². The van der Waals surface area contributed by atoms with Gasteiger partial charge in [-0.3, -0.25) is 4.99 Å². The zero-order chi connectivity index (χ0) is 7.11. The summed E-state index contributed by atoms with van der Waals surface area (Å²) in [6, 6.07) is 0. The highest BCUT2D eigenvalue weighted by atomic mass is 15.2. The van der Waals surface area contributed by atoms with Gasteiger partial charge < -0.3 is 0 Å². The van der Waals surface area contributed by atoms with Gasteiger partial charge in [0.15, 0.2) is 0 Å². The molecule has 0 saturated heterocycles. The van der Waals surface area contributed by atoms with Crippen LogP contribution >= 0.6 is 0 Å². The van der Waals surface area contributed by atoms with Crippen LogP contribution in [0.3, 0.4) is 0 Å². The minimum atomic E-state index is 0.759. The number of hydrogen-bond donors (Lipinski definition) is 0. The van der Waals surface area contributed by atoms with E-state index in [4.69, 9.17) is 0 Å². The van der Waals surface area contributed by atoms with Crippen LogP contribution < -0.4 is 0 Å². The molecule has 48 valence electrons. The van der Waals surface area contributed by atoms with Crippen LogP contribution in [0, 0.1) is 0 Å². The Morgan fingerprint density at radius 2 is 2.22 bits per heavy atom. The highest BCUT2D eigenvalue weighted by Gasteiger charge is 1.73. The molecule has 0 rings (SSSR count). The van der Waals surface area contributed by atoms with Gasteiger partial charge in [0.2, 0.25) is 0 Å². The van der Waals surface area contributed by atoms with E-state index in [9.17, 15) is 0 Å². The summed E-state index contributed by atoms with van der Waals surface area (Å²) >= 11 is 0. The third-order valence-corrected chi connectivity index (χ3v) is 0.644. The highest BCUT2D eigenvalue weighted by Crippen LogP contribution is 1.77. The molecule has 3 nitrogen and oxygen atoms in total. The van der Waals surface area contributed by atoms with E-state index in [1.54, 1.807) is 13.0 Å². The van der Waals surface area contributed by atoms with Gasteiger partial charge in [-0.05, 0) is 19.7 Å². The van der Waals surface area contributed by atoms with Gasteiger partial charge in [0, 0.05) is 0 Å². The largest absolute Gasteiger partial charge is 0.251 e. The highest BCUT2D eigenvalue weighted by molar-refractivity contribution is 5.92. The van der Waals surface area contributed by atoms with Gasteiger partial charge in [-0.1, -0.05) is 6.58 Å². The molecule has 0 aromatic heterocycles. The second kappa shape index (κ2) is 4.90. The topological polar surface area (TPSA) is 37.1 Å². The lowest BCUT2D eigenvalue weighted by atomic mass is 10.4. The smallest absolute Gasteiger partial charge is 0.137 e. The first-order chi connectivity index (χ1) is 4.31. The van der Waals surface area contributed by atoms with Crippen molar-refractivity contribution in [1.29, 1.82) is 0 Å². The molecular weight excluding hydrogens is 114 g/mol. The molecule has 0 heterocycles. The van der Waals surface area contributed by atoms with Crippen LogP contribution in [0.5, 0.6) is 0 Å². The van der Waals surface area contributed by atoms with Crippen molar-refractivity contribution in [2.45, 2.75) is 6.92 Å². The average Bonchev–Trinajstić information content (AvgIpc) is 1.89. The maximum atomic E-state index is 3.67. The molecule has 0 saturated carbocycles. The molecule has 0 bridgehead atoms. The molecule has 0 aliphatic carbocycles. The van der Waals surface area contributed by atoms with Crippen LogP contribution in [-0.2, 0) is 0 Å². The normalized spacial score (nSPS) is 11.9. The fraction of sp³-hybridized carbons (Fsp3) is 0.167. The summed E-state index contributed by atoms with van der Waals surface area (Å²) in [6.45, 7) is 8.48. The molecule has 0 aliphatic heterocycles. The molecule has 3 heteroatoms. The predicted molar refractivity (Wildman–Crippen MR) is 41.3 cm³/mol. The summed E-state index contributed by atoms with van der Waals surface area (Å²) in [7, 11) is 0. The average molecular weight is 123 g/mol. The van der Waals surface area contributed by atoms with E-state index in [-0.39, 0.29) is 0 Å². The van der Waals surface area contributed by atoms with Gasteiger partial charge in [-0.2, -0.15) is 5.10 Å². The van der Waals surface area contributed by atoms with E-state index < -0.39 is 0 Å². The zero-order valence-corrected chi connectivity index (χ0v) is 5.41. The van der Waals surface area contributed by atoms with E-state index in [1.165, 1.54) is 6.34 Å². The molecule has 0 atom stereocenters. The molecule has 0 fully saturated rings. The first kappa shape index (κ1) is 7.75. The van der Waals surface area contributed by atoms with Gasteiger partial charge in [0.1, 0.15) is 6.34 Å². The molecule has 0 aromatic rings. The van der Waals surface area contributed by atoms with Crippen LogP contribution in [-0.4, -0.2) is 18.8 Å². The molecule has 0 amide bonds. The Balaban J connectivity index is 3.81. The standard InChI is InChI=1S/C6H9N3/c1-4-6(2)9-8-5-7-3/h4-5H,1,3H2,2H3/b8-5-,9-6-. The molecule has 0 aliphatic rings. The number of allylic oxidation sites excluding steroid dienone is 1. The van der Waals surface area contributed by atoms with E-state index in [1.807, 2.05) is 0 Å². The Hall–Kier alpha value is -1.25. The predicted octanol–water partition coefficient (Wildman–Crippen LogP) is 1.28. The fourth-order valence-corrected chi connectivity index (χ4v) is 0.194. The van der Waals surface area contributed by atoms with Crippen molar-refractivity contribution in [3.8, 4) is 0 Å². The van der Waals surface area contributed by atoms with Gasteiger partial charge in [0.05, 0.1) is 5.71 Å². The zero-order valence-electron chi connectivity index (χ0n) is 5.41.